The maximum absolute atomic E-state index is 12.9. The van der Waals surface area contributed by atoms with Gasteiger partial charge in [-0.1, -0.05) is 30.2 Å². The molecule has 0 bridgehead atoms. The number of anilines is 1. The Morgan fingerprint density at radius 2 is 1.71 bits per heavy atom. The van der Waals surface area contributed by atoms with Gasteiger partial charge in [0.2, 0.25) is 10.0 Å². The molecule has 1 aliphatic heterocycles. The van der Waals surface area contributed by atoms with Crippen molar-refractivity contribution in [2.24, 2.45) is 0 Å². The Labute approximate surface area is 168 Å². The van der Waals surface area contributed by atoms with Crippen molar-refractivity contribution in [1.82, 2.24) is 4.31 Å². The number of sulfonamides is 1. The number of carbonyl (C=O) groups excluding carboxylic acids is 1. The maximum Gasteiger partial charge on any atom is 0.337 e. The van der Waals surface area contributed by atoms with Gasteiger partial charge in [-0.2, -0.15) is 4.31 Å². The zero-order valence-electron chi connectivity index (χ0n) is 14.9. The highest BCUT2D eigenvalue weighted by Crippen LogP contribution is 2.28. The van der Waals surface area contributed by atoms with Crippen LogP contribution in [0.3, 0.4) is 0 Å². The summed E-state index contributed by atoms with van der Waals surface area (Å²) in [6.45, 7) is 0.835. The van der Waals surface area contributed by atoms with E-state index in [1.165, 1.54) is 34.6 Å². The number of piperidine rings is 1. The number of amides is 1. The number of carbonyl (C=O) groups is 2. The molecule has 2 aromatic rings. The highest BCUT2D eigenvalue weighted by Gasteiger charge is 2.29. The number of hydrogen-bond acceptors (Lipinski definition) is 4. The summed E-state index contributed by atoms with van der Waals surface area (Å²) < 4.78 is 27.2. The van der Waals surface area contributed by atoms with Crippen molar-refractivity contribution in [3.63, 3.8) is 0 Å². The number of nitrogens with zero attached hydrogens (tertiary/aromatic N) is 1. The first-order valence-electron chi connectivity index (χ1n) is 8.74. The lowest BCUT2D eigenvalue weighted by Gasteiger charge is -2.26. The van der Waals surface area contributed by atoms with Crippen molar-refractivity contribution < 1.29 is 23.1 Å². The van der Waals surface area contributed by atoms with Crippen molar-refractivity contribution >= 4 is 39.2 Å². The van der Waals surface area contributed by atoms with Crippen LogP contribution in [0.5, 0.6) is 0 Å². The van der Waals surface area contributed by atoms with Crippen LogP contribution < -0.4 is 5.32 Å². The second kappa shape index (κ2) is 8.30. The fraction of sp³-hybridized carbons (Fsp3) is 0.263. The Balaban J connectivity index is 1.91. The topological polar surface area (TPSA) is 104 Å². The van der Waals surface area contributed by atoms with Crippen LogP contribution in [0, 0.1) is 0 Å². The third-order valence-corrected chi connectivity index (χ3v) is 6.91. The van der Waals surface area contributed by atoms with Gasteiger partial charge in [-0.05, 0) is 43.2 Å². The van der Waals surface area contributed by atoms with Crippen LogP contribution in [0.15, 0.2) is 47.4 Å². The van der Waals surface area contributed by atoms with Crippen molar-refractivity contribution in [1.29, 1.82) is 0 Å². The molecular weight excluding hydrogens is 404 g/mol. The van der Waals surface area contributed by atoms with Gasteiger partial charge in [0.05, 0.1) is 16.3 Å². The molecular formula is C19H19ClN2O5S. The van der Waals surface area contributed by atoms with Gasteiger partial charge in [0.25, 0.3) is 5.91 Å². The SMILES string of the molecule is O=C(Nc1ccccc1C(=O)O)c1ccc(Cl)c(S(=O)(=O)N2CCCCC2)c1. The molecule has 0 unspecified atom stereocenters. The lowest BCUT2D eigenvalue weighted by molar-refractivity contribution is 0.0698. The number of benzene rings is 2. The molecule has 0 radical (unpaired) electrons. The molecule has 1 aliphatic rings. The standard InChI is InChI=1S/C19H19ClN2O5S/c20-15-9-8-13(12-17(15)28(26,27)22-10-4-1-5-11-22)18(23)21-16-7-3-2-6-14(16)19(24)25/h2-3,6-9,12H,1,4-5,10-11H2,(H,21,23)(H,24,25). The van der Waals surface area contributed by atoms with Gasteiger partial charge < -0.3 is 10.4 Å². The van der Waals surface area contributed by atoms with E-state index in [2.05, 4.69) is 5.32 Å². The molecule has 7 nitrogen and oxygen atoms in total. The molecule has 148 valence electrons. The molecule has 3 rings (SSSR count). The number of nitrogens with one attached hydrogen (secondary N) is 1. The summed E-state index contributed by atoms with van der Waals surface area (Å²) in [5, 5.41) is 11.8. The summed E-state index contributed by atoms with van der Waals surface area (Å²) >= 11 is 6.12. The van der Waals surface area contributed by atoms with E-state index in [-0.39, 0.29) is 26.7 Å². The molecule has 0 aliphatic carbocycles. The average Bonchev–Trinajstić information content (AvgIpc) is 2.69. The summed E-state index contributed by atoms with van der Waals surface area (Å²) in [7, 11) is -3.82. The third-order valence-electron chi connectivity index (χ3n) is 4.53. The minimum atomic E-state index is -3.82. The van der Waals surface area contributed by atoms with Crippen molar-refractivity contribution in [3.8, 4) is 0 Å². The number of rotatable bonds is 5. The Morgan fingerprint density at radius 1 is 1.04 bits per heavy atom. The fourth-order valence-corrected chi connectivity index (χ4v) is 5.08. The Bertz CT molecular complexity index is 1020. The summed E-state index contributed by atoms with van der Waals surface area (Å²) in [5.74, 6) is -1.80. The zero-order valence-corrected chi connectivity index (χ0v) is 16.5. The van der Waals surface area contributed by atoms with Gasteiger partial charge in [0.1, 0.15) is 4.90 Å². The molecule has 0 spiro atoms. The van der Waals surface area contributed by atoms with Gasteiger partial charge in [0, 0.05) is 18.7 Å². The third kappa shape index (κ3) is 4.19. The second-order valence-corrected chi connectivity index (χ2v) is 8.73. The van der Waals surface area contributed by atoms with Crippen LogP contribution in [0.25, 0.3) is 0 Å². The van der Waals surface area contributed by atoms with Gasteiger partial charge in [0.15, 0.2) is 0 Å². The first kappa shape index (κ1) is 20.3. The number of aromatic carboxylic acids is 1. The minimum absolute atomic E-state index is 0.0352. The van der Waals surface area contributed by atoms with Crippen molar-refractivity contribution in [3.05, 3.63) is 58.6 Å². The van der Waals surface area contributed by atoms with E-state index in [0.717, 1.165) is 19.3 Å². The van der Waals surface area contributed by atoms with E-state index in [1.54, 1.807) is 12.1 Å². The minimum Gasteiger partial charge on any atom is -0.478 e. The zero-order chi connectivity index (χ0) is 20.3. The molecule has 9 heteroatoms. The fourth-order valence-electron chi connectivity index (χ4n) is 3.06. The van der Waals surface area contributed by atoms with E-state index in [9.17, 15) is 23.1 Å². The van der Waals surface area contributed by atoms with Gasteiger partial charge in [-0.25, -0.2) is 13.2 Å². The lowest BCUT2D eigenvalue weighted by Crippen LogP contribution is -2.35. The predicted octanol–water partition coefficient (Wildman–Crippen LogP) is 3.47. The second-order valence-electron chi connectivity index (χ2n) is 6.41. The summed E-state index contributed by atoms with van der Waals surface area (Å²) in [6, 6.07) is 9.95. The Kier molecular flexibility index (Phi) is 6.02. The monoisotopic (exact) mass is 422 g/mol. The summed E-state index contributed by atoms with van der Waals surface area (Å²) in [5.41, 5.74) is 0.126. The summed E-state index contributed by atoms with van der Waals surface area (Å²) in [4.78, 5) is 23.8. The van der Waals surface area contributed by atoms with Gasteiger partial charge in [-0.15, -0.1) is 0 Å². The molecule has 0 saturated carbocycles. The van der Waals surface area contributed by atoms with E-state index in [4.69, 9.17) is 11.6 Å². The summed E-state index contributed by atoms with van der Waals surface area (Å²) in [6.07, 6.45) is 2.54. The van der Waals surface area contributed by atoms with E-state index < -0.39 is 21.9 Å². The first-order chi connectivity index (χ1) is 13.3. The van der Waals surface area contributed by atoms with Gasteiger partial charge in [-0.3, -0.25) is 4.79 Å². The quantitative estimate of drug-likeness (QED) is 0.767. The number of halogens is 1. The smallest absolute Gasteiger partial charge is 0.337 e. The van der Waals surface area contributed by atoms with E-state index in [0.29, 0.717) is 13.1 Å². The molecule has 2 N–H and O–H groups in total. The Hall–Kier alpha value is -2.42. The van der Waals surface area contributed by atoms with Crippen molar-refractivity contribution in [2.75, 3.05) is 18.4 Å². The maximum atomic E-state index is 12.9. The molecule has 0 atom stereocenters. The van der Waals surface area contributed by atoms with Gasteiger partial charge >= 0.3 is 5.97 Å². The molecule has 0 aromatic heterocycles. The molecule has 1 heterocycles. The highest BCUT2D eigenvalue weighted by atomic mass is 35.5. The van der Waals surface area contributed by atoms with Crippen LogP contribution in [0.4, 0.5) is 5.69 Å². The number of carboxylic acids is 1. The van der Waals surface area contributed by atoms with Crippen LogP contribution in [0.2, 0.25) is 5.02 Å². The molecule has 1 amide bonds. The largest absolute Gasteiger partial charge is 0.478 e. The predicted molar refractivity (Wildman–Crippen MR) is 105 cm³/mol. The highest BCUT2D eigenvalue weighted by molar-refractivity contribution is 7.89. The lowest BCUT2D eigenvalue weighted by atomic mass is 10.1. The normalized spacial score (nSPS) is 15.2. The molecule has 1 fully saturated rings. The number of hydrogen-bond donors (Lipinski definition) is 2. The van der Waals surface area contributed by atoms with E-state index >= 15 is 0 Å². The van der Waals surface area contributed by atoms with Crippen molar-refractivity contribution in [2.45, 2.75) is 24.2 Å². The Morgan fingerprint density at radius 3 is 2.39 bits per heavy atom. The van der Waals surface area contributed by atoms with E-state index in [1.807, 2.05) is 0 Å². The first-order valence-corrected chi connectivity index (χ1v) is 10.6. The number of para-hydroxylation sites is 1. The molecule has 1 saturated heterocycles. The molecule has 28 heavy (non-hydrogen) atoms. The number of carboxylic acid groups (broad SMARTS) is 1. The molecule has 2 aromatic carbocycles. The van der Waals surface area contributed by atoms with Crippen LogP contribution in [-0.2, 0) is 10.0 Å². The van der Waals surface area contributed by atoms with Crippen LogP contribution in [-0.4, -0.2) is 42.8 Å². The van der Waals surface area contributed by atoms with Crippen LogP contribution in [0.1, 0.15) is 40.0 Å². The van der Waals surface area contributed by atoms with Crippen LogP contribution >= 0.6 is 11.6 Å². The average molecular weight is 423 g/mol.